The van der Waals surface area contributed by atoms with Gasteiger partial charge in [0.2, 0.25) is 0 Å². The Hall–Kier alpha value is -2.28. The van der Waals surface area contributed by atoms with Crippen LogP contribution in [0, 0.1) is 12.7 Å². The van der Waals surface area contributed by atoms with E-state index in [4.69, 9.17) is 5.73 Å². The van der Waals surface area contributed by atoms with Crippen molar-refractivity contribution < 1.29 is 4.39 Å². The van der Waals surface area contributed by atoms with Crippen LogP contribution < -0.4 is 5.73 Å². The highest BCUT2D eigenvalue weighted by molar-refractivity contribution is 9.10. The predicted octanol–water partition coefficient (Wildman–Crippen LogP) is 3.12. The molecule has 2 aromatic carbocycles. The van der Waals surface area contributed by atoms with Crippen LogP contribution in [0.3, 0.4) is 0 Å². The number of benzene rings is 2. The van der Waals surface area contributed by atoms with E-state index in [1.54, 1.807) is 29.8 Å². The molecule has 0 atom stereocenters. The second-order valence-corrected chi connectivity index (χ2v) is 5.44. The molecule has 0 fully saturated rings. The van der Waals surface area contributed by atoms with Gasteiger partial charge in [-0.2, -0.15) is 4.68 Å². The van der Waals surface area contributed by atoms with E-state index in [1.807, 2.05) is 6.07 Å². The Morgan fingerprint density at radius 2 is 2.00 bits per heavy atom. The van der Waals surface area contributed by atoms with E-state index in [0.717, 1.165) is 15.6 Å². The SMILES string of the molecule is Cc1cc(F)ccc1-n1nnnc1-c1cc(N)ccc1Br. The molecule has 21 heavy (non-hydrogen) atoms. The molecule has 0 saturated heterocycles. The van der Waals surface area contributed by atoms with Gasteiger partial charge in [0.1, 0.15) is 5.82 Å². The number of hydrogen-bond acceptors (Lipinski definition) is 4. The van der Waals surface area contributed by atoms with Gasteiger partial charge < -0.3 is 5.73 Å². The normalized spacial score (nSPS) is 10.8. The van der Waals surface area contributed by atoms with Crippen molar-refractivity contribution in [3.8, 4) is 17.1 Å². The third kappa shape index (κ3) is 2.52. The van der Waals surface area contributed by atoms with E-state index in [1.165, 1.54) is 12.1 Å². The van der Waals surface area contributed by atoms with Crippen molar-refractivity contribution in [3.63, 3.8) is 0 Å². The summed E-state index contributed by atoms with van der Waals surface area (Å²) in [7, 11) is 0. The maximum absolute atomic E-state index is 13.2. The summed E-state index contributed by atoms with van der Waals surface area (Å²) in [6.07, 6.45) is 0. The Kier molecular flexibility index (Phi) is 3.42. The smallest absolute Gasteiger partial charge is 0.188 e. The molecule has 0 amide bonds. The molecule has 0 radical (unpaired) electrons. The van der Waals surface area contributed by atoms with Crippen molar-refractivity contribution in [2.24, 2.45) is 0 Å². The Balaban J connectivity index is 2.19. The zero-order valence-electron chi connectivity index (χ0n) is 11.1. The minimum absolute atomic E-state index is 0.295. The van der Waals surface area contributed by atoms with Crippen molar-refractivity contribution in [2.45, 2.75) is 6.92 Å². The average Bonchev–Trinajstić information content (AvgIpc) is 2.90. The maximum atomic E-state index is 13.2. The number of aromatic nitrogens is 4. The molecule has 3 aromatic rings. The number of halogens is 2. The minimum Gasteiger partial charge on any atom is -0.399 e. The van der Waals surface area contributed by atoms with E-state index < -0.39 is 0 Å². The molecule has 0 unspecified atom stereocenters. The quantitative estimate of drug-likeness (QED) is 0.723. The number of nitrogens with two attached hydrogens (primary N) is 1. The lowest BCUT2D eigenvalue weighted by Gasteiger charge is -2.09. The molecule has 2 N–H and O–H groups in total. The Morgan fingerprint density at radius 3 is 2.76 bits per heavy atom. The number of tetrazole rings is 1. The third-order valence-electron chi connectivity index (χ3n) is 3.09. The summed E-state index contributed by atoms with van der Waals surface area (Å²) >= 11 is 3.46. The monoisotopic (exact) mass is 347 g/mol. The molecule has 1 heterocycles. The molecule has 3 rings (SSSR count). The van der Waals surface area contributed by atoms with Gasteiger partial charge in [-0.25, -0.2) is 4.39 Å². The summed E-state index contributed by atoms with van der Waals surface area (Å²) in [5.41, 5.74) is 8.65. The summed E-state index contributed by atoms with van der Waals surface area (Å²) in [5, 5.41) is 11.8. The molecule has 7 heteroatoms. The van der Waals surface area contributed by atoms with Crippen molar-refractivity contribution in [2.75, 3.05) is 5.73 Å². The highest BCUT2D eigenvalue weighted by atomic mass is 79.9. The van der Waals surface area contributed by atoms with Gasteiger partial charge in [-0.05, 0) is 59.3 Å². The zero-order chi connectivity index (χ0) is 15.0. The highest BCUT2D eigenvalue weighted by Gasteiger charge is 2.15. The maximum Gasteiger partial charge on any atom is 0.188 e. The fourth-order valence-corrected chi connectivity index (χ4v) is 2.51. The molecule has 106 valence electrons. The second-order valence-electron chi connectivity index (χ2n) is 4.58. The number of aryl methyl sites for hydroxylation is 1. The summed E-state index contributed by atoms with van der Waals surface area (Å²) in [5.74, 6) is 0.236. The van der Waals surface area contributed by atoms with Gasteiger partial charge >= 0.3 is 0 Å². The number of nitrogen functional groups attached to an aromatic ring is 1. The number of nitrogens with zero attached hydrogens (tertiary/aromatic N) is 4. The molecule has 0 spiro atoms. The van der Waals surface area contributed by atoms with Crippen LogP contribution in [-0.2, 0) is 0 Å². The summed E-state index contributed by atoms with van der Waals surface area (Å²) in [6, 6.07) is 9.86. The number of anilines is 1. The van der Waals surface area contributed by atoms with Gasteiger partial charge in [0.05, 0.1) is 5.69 Å². The predicted molar refractivity (Wildman–Crippen MR) is 81.4 cm³/mol. The van der Waals surface area contributed by atoms with E-state index in [9.17, 15) is 4.39 Å². The Bertz CT molecular complexity index is 815. The lowest BCUT2D eigenvalue weighted by Crippen LogP contribution is -2.03. The summed E-state index contributed by atoms with van der Waals surface area (Å²) in [6.45, 7) is 1.80. The van der Waals surface area contributed by atoms with E-state index >= 15 is 0 Å². The minimum atomic E-state index is -0.295. The molecule has 0 aliphatic heterocycles. The molecule has 0 aliphatic rings. The standard InChI is InChI=1S/C14H11BrFN5/c1-8-6-9(16)2-5-13(8)21-14(18-19-20-21)11-7-10(17)3-4-12(11)15/h2-7H,17H2,1H3. The zero-order valence-corrected chi connectivity index (χ0v) is 12.7. The van der Waals surface area contributed by atoms with Crippen LogP contribution in [0.4, 0.5) is 10.1 Å². The van der Waals surface area contributed by atoms with Crippen molar-refractivity contribution in [1.29, 1.82) is 0 Å². The van der Waals surface area contributed by atoms with Gasteiger partial charge in [-0.15, -0.1) is 5.10 Å². The van der Waals surface area contributed by atoms with Crippen molar-refractivity contribution in [3.05, 3.63) is 52.3 Å². The highest BCUT2D eigenvalue weighted by Crippen LogP contribution is 2.30. The largest absolute Gasteiger partial charge is 0.399 e. The van der Waals surface area contributed by atoms with Crippen LogP contribution in [0.2, 0.25) is 0 Å². The first-order chi connectivity index (χ1) is 10.1. The molecule has 1 aromatic heterocycles. The molecule has 0 aliphatic carbocycles. The molecule has 0 bridgehead atoms. The van der Waals surface area contributed by atoms with Crippen LogP contribution in [0.25, 0.3) is 17.1 Å². The number of rotatable bonds is 2. The van der Waals surface area contributed by atoms with E-state index in [-0.39, 0.29) is 5.82 Å². The third-order valence-corrected chi connectivity index (χ3v) is 3.78. The lowest BCUT2D eigenvalue weighted by molar-refractivity contribution is 0.625. The van der Waals surface area contributed by atoms with Gasteiger partial charge in [0.25, 0.3) is 0 Å². The summed E-state index contributed by atoms with van der Waals surface area (Å²) < 4.78 is 15.6. The van der Waals surface area contributed by atoms with Crippen LogP contribution in [0.1, 0.15) is 5.56 Å². The van der Waals surface area contributed by atoms with Crippen LogP contribution in [-0.4, -0.2) is 20.2 Å². The lowest BCUT2D eigenvalue weighted by atomic mass is 10.1. The molecule has 5 nitrogen and oxygen atoms in total. The first-order valence-electron chi connectivity index (χ1n) is 6.16. The average molecular weight is 348 g/mol. The van der Waals surface area contributed by atoms with Gasteiger partial charge in [0.15, 0.2) is 5.82 Å². The van der Waals surface area contributed by atoms with Crippen LogP contribution in [0.15, 0.2) is 40.9 Å². The first kappa shape index (κ1) is 13.7. The Morgan fingerprint density at radius 1 is 1.19 bits per heavy atom. The molecular weight excluding hydrogens is 337 g/mol. The fourth-order valence-electron chi connectivity index (χ4n) is 2.09. The van der Waals surface area contributed by atoms with E-state index in [0.29, 0.717) is 17.2 Å². The van der Waals surface area contributed by atoms with Crippen molar-refractivity contribution in [1.82, 2.24) is 20.2 Å². The van der Waals surface area contributed by atoms with Gasteiger partial charge in [-0.3, -0.25) is 0 Å². The van der Waals surface area contributed by atoms with Gasteiger partial charge in [0, 0.05) is 15.7 Å². The molecule has 0 saturated carbocycles. The van der Waals surface area contributed by atoms with Crippen LogP contribution >= 0.6 is 15.9 Å². The fraction of sp³-hybridized carbons (Fsp3) is 0.0714. The van der Waals surface area contributed by atoms with Crippen molar-refractivity contribution >= 4 is 21.6 Å². The molecular formula is C14H11BrFN5. The Labute approximate surface area is 128 Å². The summed E-state index contributed by atoms with van der Waals surface area (Å²) in [4.78, 5) is 0. The first-order valence-corrected chi connectivity index (χ1v) is 6.96. The van der Waals surface area contributed by atoms with Crippen LogP contribution in [0.5, 0.6) is 0 Å². The van der Waals surface area contributed by atoms with Gasteiger partial charge in [-0.1, -0.05) is 15.9 Å². The second kappa shape index (κ2) is 5.25. The van der Waals surface area contributed by atoms with E-state index in [2.05, 4.69) is 31.5 Å². The topological polar surface area (TPSA) is 69.6 Å². The number of hydrogen-bond donors (Lipinski definition) is 1.